The van der Waals surface area contributed by atoms with Gasteiger partial charge in [0.25, 0.3) is 11.5 Å². The first-order valence-corrected chi connectivity index (χ1v) is 14.3. The van der Waals surface area contributed by atoms with Gasteiger partial charge in [-0.15, -0.1) is 0 Å². The van der Waals surface area contributed by atoms with Crippen molar-refractivity contribution in [2.24, 2.45) is 5.73 Å². The summed E-state index contributed by atoms with van der Waals surface area (Å²) >= 11 is 6.36. The van der Waals surface area contributed by atoms with Crippen molar-refractivity contribution in [3.05, 3.63) is 86.5 Å². The fourth-order valence-electron chi connectivity index (χ4n) is 5.56. The van der Waals surface area contributed by atoms with Crippen LogP contribution in [0.25, 0.3) is 11.1 Å². The van der Waals surface area contributed by atoms with Crippen LogP contribution in [0.1, 0.15) is 66.6 Å². The molecule has 3 atom stereocenters. The quantitative estimate of drug-likeness (QED) is 0.388. The number of anilines is 1. The highest BCUT2D eigenvalue weighted by molar-refractivity contribution is 6.30. The molecule has 3 heterocycles. The summed E-state index contributed by atoms with van der Waals surface area (Å²) in [5.74, 6) is -2.26. The molecule has 1 aromatic heterocycles. The number of nitrogens with one attached hydrogen (secondary N) is 1. The van der Waals surface area contributed by atoms with E-state index in [2.05, 4.69) is 12.2 Å². The van der Waals surface area contributed by atoms with Crippen LogP contribution in [-0.2, 0) is 27.3 Å². The Morgan fingerprint density at radius 2 is 1.90 bits per heavy atom. The van der Waals surface area contributed by atoms with E-state index >= 15 is 0 Å². The predicted molar refractivity (Wildman–Crippen MR) is 155 cm³/mol. The van der Waals surface area contributed by atoms with E-state index < -0.39 is 23.7 Å². The molecule has 3 N–H and O–H groups in total. The fourth-order valence-corrected chi connectivity index (χ4v) is 5.73. The third-order valence-electron chi connectivity index (χ3n) is 7.80. The zero-order chi connectivity index (χ0) is 29.1. The van der Waals surface area contributed by atoms with Crippen molar-refractivity contribution in [2.75, 3.05) is 11.9 Å². The number of nitrogens with zero attached hydrogens (tertiary/aromatic N) is 1. The van der Waals surface area contributed by atoms with E-state index in [1.807, 2.05) is 18.2 Å². The molecule has 0 aliphatic carbocycles. The topological polar surface area (TPSA) is 113 Å². The van der Waals surface area contributed by atoms with E-state index in [9.17, 15) is 18.8 Å². The molecule has 41 heavy (non-hydrogen) atoms. The average Bonchev–Trinajstić information content (AvgIpc) is 2.94. The van der Waals surface area contributed by atoms with Crippen molar-refractivity contribution < 1.29 is 23.5 Å². The zero-order valence-corrected chi connectivity index (χ0v) is 23.6. The first-order valence-electron chi connectivity index (χ1n) is 13.9. The highest BCUT2D eigenvalue weighted by Crippen LogP contribution is 2.34. The number of carbonyl (C=O) groups excluding carboxylic acids is 2. The summed E-state index contributed by atoms with van der Waals surface area (Å²) in [6.07, 6.45) is 5.87. The average molecular weight is 582 g/mol. The number of amides is 2. The molecular weight excluding hydrogens is 549 g/mol. The minimum Gasteiger partial charge on any atom is -0.378 e. The summed E-state index contributed by atoms with van der Waals surface area (Å²) in [6, 6.07) is 9.90. The summed E-state index contributed by atoms with van der Waals surface area (Å²) in [4.78, 5) is 38.8. The number of pyridine rings is 1. The van der Waals surface area contributed by atoms with E-state index in [0.717, 1.165) is 54.0 Å². The van der Waals surface area contributed by atoms with E-state index in [1.165, 1.54) is 22.8 Å². The van der Waals surface area contributed by atoms with Gasteiger partial charge in [0.15, 0.2) is 0 Å². The summed E-state index contributed by atoms with van der Waals surface area (Å²) in [5.41, 5.74) is 8.09. The van der Waals surface area contributed by atoms with Crippen LogP contribution in [0.2, 0.25) is 5.02 Å². The van der Waals surface area contributed by atoms with Gasteiger partial charge in [-0.3, -0.25) is 14.4 Å². The highest BCUT2D eigenvalue weighted by Gasteiger charge is 2.29. The summed E-state index contributed by atoms with van der Waals surface area (Å²) in [5, 5.41) is 3.28. The molecule has 1 unspecified atom stereocenters. The predicted octanol–water partition coefficient (Wildman–Crippen LogP) is 5.40. The number of rotatable bonds is 7. The van der Waals surface area contributed by atoms with E-state index in [0.29, 0.717) is 18.1 Å². The van der Waals surface area contributed by atoms with Gasteiger partial charge < -0.3 is 25.1 Å². The molecule has 10 heteroatoms. The summed E-state index contributed by atoms with van der Waals surface area (Å²) < 4.78 is 28.0. The highest BCUT2D eigenvalue weighted by atomic mass is 35.5. The number of nitrogens with two attached hydrogens (primary N) is 1. The number of halogens is 2. The van der Waals surface area contributed by atoms with E-state index in [4.69, 9.17) is 26.8 Å². The molecule has 0 spiro atoms. The first-order chi connectivity index (χ1) is 19.7. The van der Waals surface area contributed by atoms with Crippen LogP contribution < -0.4 is 16.6 Å². The van der Waals surface area contributed by atoms with Crippen molar-refractivity contribution >= 4 is 29.1 Å². The number of aromatic nitrogens is 1. The summed E-state index contributed by atoms with van der Waals surface area (Å²) in [6.45, 7) is 2.91. The minimum atomic E-state index is -0.943. The molecule has 1 saturated heterocycles. The molecule has 0 bridgehead atoms. The third-order valence-corrected chi connectivity index (χ3v) is 8.04. The Morgan fingerprint density at radius 3 is 2.61 bits per heavy atom. The number of primary amides is 1. The Bertz CT molecular complexity index is 1520. The Balaban J connectivity index is 1.54. The van der Waals surface area contributed by atoms with Gasteiger partial charge in [0.2, 0.25) is 5.91 Å². The first kappa shape index (κ1) is 29.0. The van der Waals surface area contributed by atoms with Crippen molar-refractivity contribution in [1.82, 2.24) is 4.57 Å². The van der Waals surface area contributed by atoms with Gasteiger partial charge >= 0.3 is 0 Å². The molecule has 5 rings (SSSR count). The second-order valence-electron chi connectivity index (χ2n) is 10.6. The van der Waals surface area contributed by atoms with Crippen LogP contribution in [0.3, 0.4) is 0 Å². The monoisotopic (exact) mass is 581 g/mol. The van der Waals surface area contributed by atoms with Gasteiger partial charge in [0.05, 0.1) is 24.4 Å². The molecule has 2 amide bonds. The number of benzene rings is 2. The van der Waals surface area contributed by atoms with Crippen LogP contribution in [0.5, 0.6) is 0 Å². The normalized spacial score (nSPS) is 19.3. The number of ether oxygens (including phenoxy) is 2. The molecule has 2 aliphatic heterocycles. The molecular formula is C31H33ClFN3O5. The molecule has 3 aromatic rings. The van der Waals surface area contributed by atoms with Crippen LogP contribution in [0, 0.1) is 5.82 Å². The zero-order valence-electron chi connectivity index (χ0n) is 22.8. The molecule has 0 radical (unpaired) electrons. The van der Waals surface area contributed by atoms with Crippen molar-refractivity contribution in [2.45, 2.75) is 70.3 Å². The number of fused-ring (bicyclic) bond motifs is 3. The SMILES string of the molecule is CC[C@@H]1Cc2ccc(Cl)cc2-c2cc(=O)n(C(C[C@@H]3CCCCO3)C(=O)Nc3ccc(C(N)=O)c(F)c3)cc2CO1. The molecule has 1 fully saturated rings. The van der Waals surface area contributed by atoms with Crippen LogP contribution >= 0.6 is 11.6 Å². The number of carbonyl (C=O) groups is 2. The van der Waals surface area contributed by atoms with Gasteiger partial charge in [0.1, 0.15) is 11.9 Å². The largest absolute Gasteiger partial charge is 0.378 e. The number of hydrogen-bond donors (Lipinski definition) is 2. The molecule has 216 valence electrons. The van der Waals surface area contributed by atoms with Gasteiger partial charge in [0, 0.05) is 41.6 Å². The summed E-state index contributed by atoms with van der Waals surface area (Å²) in [7, 11) is 0. The van der Waals surface area contributed by atoms with Crippen LogP contribution in [0.4, 0.5) is 10.1 Å². The molecule has 0 saturated carbocycles. The lowest BCUT2D eigenvalue weighted by atomic mass is 9.91. The minimum absolute atomic E-state index is 0.0172. The third kappa shape index (κ3) is 6.53. The van der Waals surface area contributed by atoms with E-state index in [1.54, 1.807) is 6.20 Å². The second kappa shape index (κ2) is 12.5. The van der Waals surface area contributed by atoms with E-state index in [-0.39, 0.29) is 42.0 Å². The Hall–Kier alpha value is -3.53. The molecule has 8 nitrogen and oxygen atoms in total. The van der Waals surface area contributed by atoms with Crippen molar-refractivity contribution in [3.63, 3.8) is 0 Å². The lowest BCUT2D eigenvalue weighted by molar-refractivity contribution is -0.121. The van der Waals surface area contributed by atoms with Gasteiger partial charge in [-0.1, -0.05) is 24.6 Å². The second-order valence-corrected chi connectivity index (χ2v) is 11.0. The Morgan fingerprint density at radius 1 is 1.10 bits per heavy atom. The Kier molecular flexibility index (Phi) is 8.87. The molecule has 2 aromatic carbocycles. The van der Waals surface area contributed by atoms with Gasteiger partial charge in [-0.05, 0) is 79.1 Å². The lowest BCUT2D eigenvalue weighted by Gasteiger charge is -2.29. The smallest absolute Gasteiger partial charge is 0.251 e. The van der Waals surface area contributed by atoms with Gasteiger partial charge in [-0.2, -0.15) is 0 Å². The number of hydrogen-bond acceptors (Lipinski definition) is 5. The Labute approximate surface area is 242 Å². The maximum absolute atomic E-state index is 14.4. The standard InChI is InChI=1S/C31H33ClFN3O5/c1-2-22-11-18-6-7-20(32)12-25(18)26-15-29(37)36(16-19(26)17-41-22)28(14-23-5-3-4-10-40-23)31(39)35-21-8-9-24(30(34)38)27(33)13-21/h6-9,12-13,15-16,22-23,28H,2-5,10-11,14,17H2,1H3,(H2,34,38)(H,35,39)/t22-,23+,28?/m1/s1. The maximum Gasteiger partial charge on any atom is 0.251 e. The van der Waals surface area contributed by atoms with Crippen molar-refractivity contribution in [3.8, 4) is 11.1 Å². The van der Waals surface area contributed by atoms with Gasteiger partial charge in [-0.25, -0.2) is 4.39 Å². The fraction of sp³-hybridized carbons (Fsp3) is 0.387. The maximum atomic E-state index is 14.4. The van der Waals surface area contributed by atoms with Crippen LogP contribution in [0.15, 0.2) is 53.5 Å². The lowest BCUT2D eigenvalue weighted by Crippen LogP contribution is -2.37. The van der Waals surface area contributed by atoms with Crippen molar-refractivity contribution in [1.29, 1.82) is 0 Å². The molecule has 2 aliphatic rings. The van der Waals surface area contributed by atoms with Crippen LogP contribution in [-0.4, -0.2) is 35.2 Å².